The summed E-state index contributed by atoms with van der Waals surface area (Å²) in [5.74, 6) is 2.00. The topological polar surface area (TPSA) is 69.3 Å². The zero-order valence-corrected chi connectivity index (χ0v) is 18.2. The van der Waals surface area contributed by atoms with E-state index in [1.54, 1.807) is 0 Å². The fourth-order valence-corrected chi connectivity index (χ4v) is 5.92. The summed E-state index contributed by atoms with van der Waals surface area (Å²) in [6, 6.07) is -0.0508. The average molecular weight is 413 g/mol. The van der Waals surface area contributed by atoms with Crippen molar-refractivity contribution in [2.24, 2.45) is 11.8 Å². The van der Waals surface area contributed by atoms with Crippen LogP contribution >= 0.6 is 0 Å². The van der Waals surface area contributed by atoms with E-state index in [0.717, 1.165) is 87.7 Å². The maximum absolute atomic E-state index is 13.0. The van der Waals surface area contributed by atoms with Crippen LogP contribution in [0.15, 0.2) is 4.79 Å². The van der Waals surface area contributed by atoms with Crippen molar-refractivity contribution in [1.82, 2.24) is 19.8 Å². The highest BCUT2D eigenvalue weighted by Crippen LogP contribution is 2.35. The highest BCUT2D eigenvalue weighted by molar-refractivity contribution is 5.80. The number of aromatic amines is 1. The Labute approximate surface area is 179 Å². The molecule has 2 saturated carbocycles. The largest absolute Gasteiger partial charge is 0.332 e. The second kappa shape index (κ2) is 8.81. The Kier molecular flexibility index (Phi) is 5.94. The molecule has 5 rings (SSSR count). The molecule has 164 valence electrons. The molecule has 2 aliphatic heterocycles. The summed E-state index contributed by atoms with van der Waals surface area (Å²) >= 11 is 0. The van der Waals surface area contributed by atoms with Gasteiger partial charge in [0.05, 0.1) is 17.3 Å². The molecule has 1 amide bonds. The van der Waals surface area contributed by atoms with Crippen molar-refractivity contribution >= 4 is 5.91 Å². The number of H-pyrrole nitrogens is 1. The lowest BCUT2D eigenvalue weighted by molar-refractivity contribution is -0.142. The Morgan fingerprint density at radius 3 is 2.53 bits per heavy atom. The maximum atomic E-state index is 13.0. The Balaban J connectivity index is 1.32. The number of amides is 1. The van der Waals surface area contributed by atoms with Crippen molar-refractivity contribution < 1.29 is 4.79 Å². The lowest BCUT2D eigenvalue weighted by Crippen LogP contribution is -2.45. The number of fused-ring (bicyclic) bond motifs is 1. The lowest BCUT2D eigenvalue weighted by Gasteiger charge is -2.39. The SMILES string of the molecule is O=C(C1CCC1)N1CCCC[C@@H]1c1nc2c(c(=O)[nH]1)CN(CC1CCCCC1)CC2. The zero-order chi connectivity index (χ0) is 20.5. The smallest absolute Gasteiger partial charge is 0.255 e. The van der Waals surface area contributed by atoms with Crippen LogP contribution < -0.4 is 5.56 Å². The number of rotatable bonds is 4. The first-order valence-electron chi connectivity index (χ1n) is 12.3. The van der Waals surface area contributed by atoms with Gasteiger partial charge < -0.3 is 9.88 Å². The molecule has 1 saturated heterocycles. The molecule has 6 nitrogen and oxygen atoms in total. The highest BCUT2D eigenvalue weighted by atomic mass is 16.2. The summed E-state index contributed by atoms with van der Waals surface area (Å²) in [7, 11) is 0. The third-order valence-corrected chi connectivity index (χ3v) is 7.96. The number of likely N-dealkylation sites (tertiary alicyclic amines) is 1. The molecule has 0 bridgehead atoms. The predicted octanol–water partition coefficient (Wildman–Crippen LogP) is 3.56. The number of carbonyl (C=O) groups excluding carboxylic acids is 1. The molecule has 1 aromatic heterocycles. The minimum absolute atomic E-state index is 0.0185. The van der Waals surface area contributed by atoms with Crippen LogP contribution in [0.5, 0.6) is 0 Å². The van der Waals surface area contributed by atoms with Crippen molar-refractivity contribution in [3.05, 3.63) is 27.4 Å². The molecule has 2 aliphatic carbocycles. The van der Waals surface area contributed by atoms with E-state index in [9.17, 15) is 9.59 Å². The third kappa shape index (κ3) is 4.08. The van der Waals surface area contributed by atoms with Gasteiger partial charge in [0.2, 0.25) is 5.91 Å². The standard InChI is InChI=1S/C24H36N4O2/c29-23-19-16-27(15-17-7-2-1-3-8-17)14-12-20(19)25-22(26-23)21-11-4-5-13-28(21)24(30)18-9-6-10-18/h17-18,21H,1-16H2,(H,25,26,29)/t21-/m1/s1. The molecule has 0 unspecified atom stereocenters. The molecular weight excluding hydrogens is 376 g/mol. The zero-order valence-electron chi connectivity index (χ0n) is 18.2. The Morgan fingerprint density at radius 1 is 0.967 bits per heavy atom. The first-order valence-corrected chi connectivity index (χ1v) is 12.3. The predicted molar refractivity (Wildman–Crippen MR) is 116 cm³/mol. The molecule has 4 aliphatic rings. The fraction of sp³-hybridized carbons (Fsp3) is 0.792. The van der Waals surface area contributed by atoms with Crippen LogP contribution in [0.1, 0.15) is 93.8 Å². The van der Waals surface area contributed by atoms with Crippen molar-refractivity contribution in [1.29, 1.82) is 0 Å². The van der Waals surface area contributed by atoms with E-state index < -0.39 is 0 Å². The van der Waals surface area contributed by atoms with Gasteiger partial charge in [0.25, 0.3) is 5.56 Å². The maximum Gasteiger partial charge on any atom is 0.255 e. The van der Waals surface area contributed by atoms with Crippen molar-refractivity contribution in [2.45, 2.75) is 89.6 Å². The van der Waals surface area contributed by atoms with Gasteiger partial charge in [0.15, 0.2) is 0 Å². The van der Waals surface area contributed by atoms with Gasteiger partial charge in [-0.25, -0.2) is 4.98 Å². The molecule has 30 heavy (non-hydrogen) atoms. The highest BCUT2D eigenvalue weighted by Gasteiger charge is 2.36. The molecule has 1 atom stereocenters. The van der Waals surface area contributed by atoms with Crippen LogP contribution in [0.2, 0.25) is 0 Å². The molecule has 6 heteroatoms. The average Bonchev–Trinajstić information content (AvgIpc) is 2.73. The number of piperidine rings is 1. The van der Waals surface area contributed by atoms with Crippen molar-refractivity contribution in [3.63, 3.8) is 0 Å². The summed E-state index contributed by atoms with van der Waals surface area (Å²) in [5.41, 5.74) is 1.84. The first kappa shape index (κ1) is 20.2. The first-order chi connectivity index (χ1) is 14.7. The van der Waals surface area contributed by atoms with E-state index in [2.05, 4.69) is 9.88 Å². The van der Waals surface area contributed by atoms with Gasteiger partial charge in [-0.1, -0.05) is 25.7 Å². The summed E-state index contributed by atoms with van der Waals surface area (Å²) in [4.78, 5) is 38.5. The molecule has 1 aromatic rings. The summed E-state index contributed by atoms with van der Waals surface area (Å²) in [5, 5.41) is 0. The van der Waals surface area contributed by atoms with Crippen LogP contribution in [0, 0.1) is 11.8 Å². The molecule has 0 aromatic carbocycles. The molecular formula is C24H36N4O2. The van der Waals surface area contributed by atoms with Crippen LogP contribution in [0.4, 0.5) is 0 Å². The van der Waals surface area contributed by atoms with E-state index in [1.807, 2.05) is 4.90 Å². The van der Waals surface area contributed by atoms with Gasteiger partial charge >= 0.3 is 0 Å². The Hall–Kier alpha value is -1.69. The van der Waals surface area contributed by atoms with Gasteiger partial charge in [-0.05, 0) is 50.9 Å². The van der Waals surface area contributed by atoms with Gasteiger partial charge in [-0.3, -0.25) is 14.5 Å². The van der Waals surface area contributed by atoms with Crippen molar-refractivity contribution in [3.8, 4) is 0 Å². The van der Waals surface area contributed by atoms with E-state index in [1.165, 1.54) is 38.5 Å². The van der Waals surface area contributed by atoms with E-state index in [0.29, 0.717) is 0 Å². The van der Waals surface area contributed by atoms with Crippen LogP contribution in [-0.2, 0) is 17.8 Å². The van der Waals surface area contributed by atoms with Crippen LogP contribution in [-0.4, -0.2) is 45.3 Å². The number of nitrogens with zero attached hydrogens (tertiary/aromatic N) is 3. The van der Waals surface area contributed by atoms with Crippen LogP contribution in [0.3, 0.4) is 0 Å². The number of carbonyl (C=O) groups is 1. The molecule has 0 spiro atoms. The van der Waals surface area contributed by atoms with Crippen LogP contribution in [0.25, 0.3) is 0 Å². The quantitative estimate of drug-likeness (QED) is 0.821. The molecule has 3 fully saturated rings. The summed E-state index contributed by atoms with van der Waals surface area (Å²) < 4.78 is 0. The second-order valence-electron chi connectivity index (χ2n) is 10.0. The Morgan fingerprint density at radius 2 is 1.77 bits per heavy atom. The lowest BCUT2D eigenvalue weighted by atomic mass is 9.83. The normalized spacial score (nSPS) is 26.3. The summed E-state index contributed by atoms with van der Waals surface area (Å²) in [6.07, 6.45) is 13.9. The van der Waals surface area contributed by atoms with Gasteiger partial charge in [0, 0.05) is 38.5 Å². The second-order valence-corrected chi connectivity index (χ2v) is 10.0. The number of hydrogen-bond acceptors (Lipinski definition) is 4. The molecule has 0 radical (unpaired) electrons. The fourth-order valence-electron chi connectivity index (χ4n) is 5.92. The number of nitrogens with one attached hydrogen (secondary N) is 1. The minimum Gasteiger partial charge on any atom is -0.332 e. The summed E-state index contributed by atoms with van der Waals surface area (Å²) in [6.45, 7) is 3.64. The van der Waals surface area contributed by atoms with Gasteiger partial charge in [-0.15, -0.1) is 0 Å². The van der Waals surface area contributed by atoms with E-state index in [-0.39, 0.29) is 23.4 Å². The minimum atomic E-state index is -0.0508. The van der Waals surface area contributed by atoms with E-state index in [4.69, 9.17) is 4.98 Å². The van der Waals surface area contributed by atoms with Gasteiger partial charge in [0.1, 0.15) is 5.82 Å². The third-order valence-electron chi connectivity index (χ3n) is 7.96. The molecule has 1 N–H and O–H groups in total. The van der Waals surface area contributed by atoms with Crippen molar-refractivity contribution in [2.75, 3.05) is 19.6 Å². The van der Waals surface area contributed by atoms with Gasteiger partial charge in [-0.2, -0.15) is 0 Å². The Bertz CT molecular complexity index is 825. The monoisotopic (exact) mass is 412 g/mol. The number of aromatic nitrogens is 2. The number of hydrogen-bond donors (Lipinski definition) is 1. The van der Waals surface area contributed by atoms with E-state index >= 15 is 0 Å². The molecule has 3 heterocycles.